The fraction of sp³-hybridized carbons (Fsp3) is 0.697. The number of esters is 10. The molecule has 1 heterocycles. The van der Waals surface area contributed by atoms with Gasteiger partial charge in [-0.05, 0) is 0 Å². The summed E-state index contributed by atoms with van der Waals surface area (Å²) in [6.07, 6.45) is -19.6. The third kappa shape index (κ3) is 12.9. The molecule has 0 aromatic carbocycles. The van der Waals surface area contributed by atoms with Crippen LogP contribution in [0.1, 0.15) is 69.2 Å². The fourth-order valence-corrected chi connectivity index (χ4v) is 5.99. The van der Waals surface area contributed by atoms with Crippen LogP contribution in [0.2, 0.25) is 0 Å². The van der Waals surface area contributed by atoms with Crippen molar-refractivity contribution in [1.29, 1.82) is 0 Å². The number of hydrogen-bond acceptors (Lipinski definition) is 22. The summed E-state index contributed by atoms with van der Waals surface area (Å²) in [5.74, 6) is -10.5. The van der Waals surface area contributed by atoms with E-state index in [1.807, 2.05) is 0 Å². The first-order valence-electron chi connectivity index (χ1n) is 16.5. The molecule has 0 amide bonds. The highest BCUT2D eigenvalue weighted by Gasteiger charge is 2.70. The monoisotopic (exact) mass is 792 g/mol. The first kappa shape index (κ1) is 45.8. The SMILES string of the molecule is CC(=O)OC[C@H]1O[C@@H](OC(C)=O)[C@H](OC(C)=O)[C@@H](OC(C)=O)[C@@H]1O[C@@H]1[C@H](OC(C)=O)[C@@H](OC(C)=O)[C@H](OC(C)=O)[C@](COC(C)=O)(OC(C)=O)[C@H]1OC(C)=O. The maximum Gasteiger partial charge on any atom is 0.305 e. The zero-order valence-corrected chi connectivity index (χ0v) is 31.7. The van der Waals surface area contributed by atoms with Gasteiger partial charge < -0.3 is 56.8 Å². The van der Waals surface area contributed by atoms with E-state index in [9.17, 15) is 47.9 Å². The van der Waals surface area contributed by atoms with Gasteiger partial charge >= 0.3 is 59.7 Å². The van der Waals surface area contributed by atoms with Gasteiger partial charge in [-0.25, -0.2) is 0 Å². The van der Waals surface area contributed by atoms with Crippen LogP contribution in [0.3, 0.4) is 0 Å². The Morgan fingerprint density at radius 1 is 0.418 bits per heavy atom. The van der Waals surface area contributed by atoms with E-state index in [1.54, 1.807) is 0 Å². The molecule has 0 aromatic rings. The molecule has 1 aliphatic heterocycles. The van der Waals surface area contributed by atoms with Gasteiger partial charge in [0.05, 0.1) is 0 Å². The Balaban J connectivity index is 3.14. The summed E-state index contributed by atoms with van der Waals surface area (Å²) in [7, 11) is 0. The first-order chi connectivity index (χ1) is 25.5. The second kappa shape index (κ2) is 19.8. The van der Waals surface area contributed by atoms with Crippen LogP contribution < -0.4 is 0 Å². The van der Waals surface area contributed by atoms with Gasteiger partial charge in [0.2, 0.25) is 18.0 Å². The fourth-order valence-electron chi connectivity index (χ4n) is 5.99. The van der Waals surface area contributed by atoms with Crippen LogP contribution in [-0.2, 0) is 105 Å². The molecule has 2 fully saturated rings. The largest absolute Gasteiger partial charge is 0.463 e. The molecule has 11 atom stereocenters. The number of carbonyl (C=O) groups excluding carboxylic acids is 10. The van der Waals surface area contributed by atoms with E-state index >= 15 is 0 Å². The zero-order valence-electron chi connectivity index (χ0n) is 31.7. The lowest BCUT2D eigenvalue weighted by molar-refractivity contribution is -0.339. The van der Waals surface area contributed by atoms with Gasteiger partial charge in [0.1, 0.15) is 31.5 Å². The van der Waals surface area contributed by atoms with Crippen LogP contribution in [-0.4, -0.2) is 140 Å². The standard InChI is InChI=1S/C33H44O22/c1-13(34)44-11-23-24(25(46-15(3)36)29(49-18(6)39)32(53-23)52-21(9)42)54-28-26(47-16(4)37)27(48-17(5)38)30(50-19(7)40)33(55-22(10)43,12-45-14(2)35)31(28)51-20(8)41/h23-32H,11-12H2,1-10H3/t23-,24-,25+,26-,27-,28-,29-,30+,31+,32-,33+/m1/s1. The summed E-state index contributed by atoms with van der Waals surface area (Å²) in [6.45, 7) is 7.44. The minimum absolute atomic E-state index is 0.766. The Kier molecular flexibility index (Phi) is 16.5. The van der Waals surface area contributed by atoms with Crippen LogP contribution >= 0.6 is 0 Å². The smallest absolute Gasteiger partial charge is 0.305 e. The van der Waals surface area contributed by atoms with E-state index in [0.29, 0.717) is 0 Å². The lowest BCUT2D eigenvalue weighted by Gasteiger charge is -2.54. The summed E-state index contributed by atoms with van der Waals surface area (Å²) >= 11 is 0. The molecule has 0 spiro atoms. The van der Waals surface area contributed by atoms with Crippen molar-refractivity contribution in [2.45, 2.75) is 136 Å². The molecule has 1 aliphatic carbocycles. The molecule has 0 unspecified atom stereocenters. The lowest BCUT2D eigenvalue weighted by Crippen LogP contribution is -2.77. The van der Waals surface area contributed by atoms with E-state index in [4.69, 9.17) is 56.8 Å². The Labute approximate surface area is 313 Å². The highest BCUT2D eigenvalue weighted by Crippen LogP contribution is 2.44. The van der Waals surface area contributed by atoms with Crippen LogP contribution in [0.25, 0.3) is 0 Å². The molecule has 0 bridgehead atoms. The molecule has 55 heavy (non-hydrogen) atoms. The highest BCUT2D eigenvalue weighted by molar-refractivity contribution is 5.72. The average molecular weight is 793 g/mol. The van der Waals surface area contributed by atoms with Crippen LogP contribution in [0.4, 0.5) is 0 Å². The summed E-state index contributed by atoms with van der Waals surface area (Å²) in [6, 6.07) is 0. The molecule has 1 saturated heterocycles. The molecule has 2 rings (SSSR count). The molecular weight excluding hydrogens is 748 g/mol. The topological polar surface area (TPSA) is 281 Å². The van der Waals surface area contributed by atoms with Gasteiger partial charge in [0.25, 0.3) is 0 Å². The predicted molar refractivity (Wildman–Crippen MR) is 170 cm³/mol. The van der Waals surface area contributed by atoms with Gasteiger partial charge in [-0.1, -0.05) is 0 Å². The molecule has 22 nitrogen and oxygen atoms in total. The zero-order chi connectivity index (χ0) is 41.9. The molecule has 2 aliphatic rings. The highest BCUT2D eigenvalue weighted by atomic mass is 16.8. The van der Waals surface area contributed by atoms with Crippen molar-refractivity contribution in [3.8, 4) is 0 Å². The summed E-state index contributed by atoms with van der Waals surface area (Å²) < 4.78 is 66.7. The van der Waals surface area contributed by atoms with E-state index in [2.05, 4.69) is 0 Å². The van der Waals surface area contributed by atoms with Gasteiger partial charge in [0, 0.05) is 69.2 Å². The van der Waals surface area contributed by atoms with Crippen molar-refractivity contribution in [2.75, 3.05) is 13.2 Å². The third-order valence-corrected chi connectivity index (χ3v) is 7.47. The molecule has 0 N–H and O–H groups in total. The lowest BCUT2D eigenvalue weighted by atomic mass is 9.73. The number of rotatable bonds is 14. The molecular formula is C33H44O22. The first-order valence-corrected chi connectivity index (χ1v) is 16.5. The van der Waals surface area contributed by atoms with E-state index in [0.717, 1.165) is 69.2 Å². The van der Waals surface area contributed by atoms with Crippen molar-refractivity contribution in [1.82, 2.24) is 0 Å². The maximum atomic E-state index is 12.9. The van der Waals surface area contributed by atoms with Crippen molar-refractivity contribution >= 4 is 59.7 Å². The van der Waals surface area contributed by atoms with E-state index < -0.39 is 140 Å². The van der Waals surface area contributed by atoms with Gasteiger partial charge in [-0.3, -0.25) is 47.9 Å². The maximum absolute atomic E-state index is 12.9. The predicted octanol–water partition coefficient (Wildman–Crippen LogP) is -0.940. The van der Waals surface area contributed by atoms with Crippen molar-refractivity contribution in [3.63, 3.8) is 0 Å². The summed E-state index contributed by atoms with van der Waals surface area (Å²) in [4.78, 5) is 125. The van der Waals surface area contributed by atoms with E-state index in [-0.39, 0.29) is 0 Å². The Morgan fingerprint density at radius 2 is 0.818 bits per heavy atom. The average Bonchev–Trinajstić information content (AvgIpc) is 3.01. The number of ether oxygens (including phenoxy) is 12. The second-order valence-corrected chi connectivity index (χ2v) is 12.2. The van der Waals surface area contributed by atoms with Crippen LogP contribution in [0.5, 0.6) is 0 Å². The van der Waals surface area contributed by atoms with Gasteiger partial charge in [-0.15, -0.1) is 0 Å². The number of carbonyl (C=O) groups is 10. The molecule has 0 radical (unpaired) electrons. The quantitative estimate of drug-likeness (QED) is 0.151. The third-order valence-electron chi connectivity index (χ3n) is 7.47. The normalized spacial score (nSPS) is 29.9. The van der Waals surface area contributed by atoms with Crippen LogP contribution in [0, 0.1) is 0 Å². The van der Waals surface area contributed by atoms with Crippen molar-refractivity contribution in [2.24, 2.45) is 0 Å². The van der Waals surface area contributed by atoms with Gasteiger partial charge in [0.15, 0.2) is 30.5 Å². The summed E-state index contributed by atoms with van der Waals surface area (Å²) in [5, 5.41) is 0. The van der Waals surface area contributed by atoms with Gasteiger partial charge in [-0.2, -0.15) is 0 Å². The molecule has 0 aromatic heterocycles. The van der Waals surface area contributed by atoms with Crippen LogP contribution in [0.15, 0.2) is 0 Å². The van der Waals surface area contributed by atoms with E-state index in [1.165, 1.54) is 0 Å². The molecule has 22 heteroatoms. The molecule has 1 saturated carbocycles. The minimum Gasteiger partial charge on any atom is -0.463 e. The second-order valence-electron chi connectivity index (χ2n) is 12.2. The Morgan fingerprint density at radius 3 is 1.24 bits per heavy atom. The number of hydrogen-bond donors (Lipinski definition) is 0. The summed E-state index contributed by atoms with van der Waals surface area (Å²) in [5.41, 5.74) is -2.70. The molecule has 308 valence electrons. The van der Waals surface area contributed by atoms with Crippen molar-refractivity contribution in [3.05, 3.63) is 0 Å². The van der Waals surface area contributed by atoms with Crippen molar-refractivity contribution < 1.29 is 105 Å². The minimum atomic E-state index is -2.70. The Bertz CT molecular complexity index is 1510. The Hall–Kier alpha value is -5.38.